The van der Waals surface area contributed by atoms with E-state index in [-0.39, 0.29) is 23.0 Å². The molecule has 4 aromatic rings. The van der Waals surface area contributed by atoms with Gasteiger partial charge in [-0.2, -0.15) is 0 Å². The van der Waals surface area contributed by atoms with E-state index < -0.39 is 9.84 Å². The average Bonchev–Trinajstić information content (AvgIpc) is 3.28. The third kappa shape index (κ3) is 5.90. The van der Waals surface area contributed by atoms with Crippen LogP contribution in [0.1, 0.15) is 12.5 Å². The van der Waals surface area contributed by atoms with Gasteiger partial charge in [0.05, 0.1) is 17.1 Å². The van der Waals surface area contributed by atoms with Gasteiger partial charge in [0.1, 0.15) is 10.7 Å². The van der Waals surface area contributed by atoms with E-state index in [0.717, 1.165) is 21.9 Å². The van der Waals surface area contributed by atoms with E-state index in [9.17, 15) is 13.2 Å². The number of carbonyl (C=O) groups is 1. The molecule has 0 aliphatic rings. The van der Waals surface area contributed by atoms with Crippen molar-refractivity contribution in [3.63, 3.8) is 0 Å². The molecule has 0 aliphatic heterocycles. The SMILES string of the molecule is CCS(=O)(=O)c1ccc(CC(=O)Nc2nc(-c3ccc(Cl)cc3)c(N(C)c3ccccc3)s2)cc1. The maximum Gasteiger partial charge on any atom is 0.230 e. The van der Waals surface area contributed by atoms with E-state index in [1.54, 1.807) is 19.1 Å². The molecule has 0 unspecified atom stereocenters. The van der Waals surface area contributed by atoms with Crippen molar-refractivity contribution in [2.75, 3.05) is 23.0 Å². The molecule has 0 aliphatic carbocycles. The molecule has 1 N–H and O–H groups in total. The zero-order chi connectivity index (χ0) is 25.0. The topological polar surface area (TPSA) is 79.4 Å². The first-order valence-corrected chi connectivity index (χ1v) is 13.8. The van der Waals surface area contributed by atoms with Crippen molar-refractivity contribution in [1.29, 1.82) is 0 Å². The van der Waals surface area contributed by atoms with Crippen LogP contribution in [0.25, 0.3) is 11.3 Å². The molecule has 0 radical (unpaired) electrons. The number of carbonyl (C=O) groups excluding carboxylic acids is 1. The van der Waals surface area contributed by atoms with E-state index in [1.807, 2.05) is 66.5 Å². The Morgan fingerprint density at radius 1 is 1.00 bits per heavy atom. The van der Waals surface area contributed by atoms with Crippen molar-refractivity contribution in [1.82, 2.24) is 4.98 Å². The lowest BCUT2D eigenvalue weighted by molar-refractivity contribution is -0.115. The highest BCUT2D eigenvalue weighted by atomic mass is 35.5. The molecule has 0 saturated carbocycles. The summed E-state index contributed by atoms with van der Waals surface area (Å²) >= 11 is 7.45. The Kier molecular flexibility index (Phi) is 7.54. The summed E-state index contributed by atoms with van der Waals surface area (Å²) in [6.07, 6.45) is 0.103. The van der Waals surface area contributed by atoms with Crippen LogP contribution in [0.15, 0.2) is 83.8 Å². The Hall–Kier alpha value is -3.20. The highest BCUT2D eigenvalue weighted by Crippen LogP contribution is 2.41. The number of nitrogens with one attached hydrogen (secondary N) is 1. The third-order valence-corrected chi connectivity index (χ3v) is 8.50. The fraction of sp³-hybridized carbons (Fsp3) is 0.154. The van der Waals surface area contributed by atoms with Crippen LogP contribution in [-0.4, -0.2) is 32.1 Å². The second kappa shape index (κ2) is 10.6. The van der Waals surface area contributed by atoms with Crippen LogP contribution >= 0.6 is 22.9 Å². The van der Waals surface area contributed by atoms with Crippen molar-refractivity contribution in [2.45, 2.75) is 18.2 Å². The fourth-order valence-electron chi connectivity index (χ4n) is 3.49. The van der Waals surface area contributed by atoms with Crippen LogP contribution in [0.5, 0.6) is 0 Å². The van der Waals surface area contributed by atoms with Gasteiger partial charge in [-0.25, -0.2) is 13.4 Å². The van der Waals surface area contributed by atoms with Crippen molar-refractivity contribution in [2.24, 2.45) is 0 Å². The molecular formula is C26H24ClN3O3S2. The minimum Gasteiger partial charge on any atom is -0.334 e. The number of aromatic nitrogens is 1. The first kappa shape index (κ1) is 24.9. The Balaban J connectivity index is 1.58. The minimum absolute atomic E-state index is 0.0343. The van der Waals surface area contributed by atoms with Crippen molar-refractivity contribution >= 4 is 54.5 Å². The van der Waals surface area contributed by atoms with Gasteiger partial charge < -0.3 is 10.2 Å². The molecule has 1 heterocycles. The van der Waals surface area contributed by atoms with Gasteiger partial charge in [0.15, 0.2) is 15.0 Å². The lowest BCUT2D eigenvalue weighted by Crippen LogP contribution is -2.14. The predicted octanol–water partition coefficient (Wildman–Crippen LogP) is 6.21. The zero-order valence-corrected chi connectivity index (χ0v) is 21.6. The number of rotatable bonds is 8. The molecule has 0 atom stereocenters. The normalized spacial score (nSPS) is 11.3. The van der Waals surface area contributed by atoms with Gasteiger partial charge in [0.25, 0.3) is 0 Å². The third-order valence-electron chi connectivity index (χ3n) is 5.45. The number of para-hydroxylation sites is 1. The monoisotopic (exact) mass is 525 g/mol. The molecule has 35 heavy (non-hydrogen) atoms. The summed E-state index contributed by atoms with van der Waals surface area (Å²) in [5.41, 5.74) is 3.33. The van der Waals surface area contributed by atoms with E-state index in [1.165, 1.54) is 23.5 Å². The molecule has 9 heteroatoms. The van der Waals surface area contributed by atoms with Gasteiger partial charge in [0.2, 0.25) is 5.91 Å². The van der Waals surface area contributed by atoms with Crippen LogP contribution in [0, 0.1) is 0 Å². The number of nitrogens with zero attached hydrogens (tertiary/aromatic N) is 2. The Bertz CT molecular complexity index is 1420. The number of anilines is 3. The molecule has 0 fully saturated rings. The predicted molar refractivity (Wildman–Crippen MR) is 144 cm³/mol. The van der Waals surface area contributed by atoms with Gasteiger partial charge in [-0.15, -0.1) is 0 Å². The molecule has 0 bridgehead atoms. The molecule has 4 rings (SSSR count). The Morgan fingerprint density at radius 2 is 1.66 bits per heavy atom. The van der Waals surface area contributed by atoms with Crippen LogP contribution in [0.4, 0.5) is 15.8 Å². The number of hydrogen-bond acceptors (Lipinski definition) is 6. The molecule has 1 amide bonds. The molecule has 3 aromatic carbocycles. The lowest BCUT2D eigenvalue weighted by Gasteiger charge is -2.18. The maximum atomic E-state index is 12.8. The van der Waals surface area contributed by atoms with Gasteiger partial charge in [-0.1, -0.05) is 72.3 Å². The number of amides is 1. The smallest absolute Gasteiger partial charge is 0.230 e. The lowest BCUT2D eigenvalue weighted by atomic mass is 10.1. The summed E-state index contributed by atoms with van der Waals surface area (Å²) in [7, 11) is -1.32. The van der Waals surface area contributed by atoms with Crippen LogP contribution in [0.2, 0.25) is 5.02 Å². The summed E-state index contributed by atoms with van der Waals surface area (Å²) < 4.78 is 24.0. The van der Waals surface area contributed by atoms with E-state index >= 15 is 0 Å². The fourth-order valence-corrected chi connectivity index (χ4v) is 5.49. The second-order valence-electron chi connectivity index (χ2n) is 7.85. The number of sulfone groups is 1. The molecule has 6 nitrogen and oxygen atoms in total. The summed E-state index contributed by atoms with van der Waals surface area (Å²) in [5.74, 6) is -0.200. The quantitative estimate of drug-likeness (QED) is 0.296. The first-order valence-electron chi connectivity index (χ1n) is 10.9. The standard InChI is InChI=1S/C26H24ClN3O3S2/c1-3-35(32,33)22-15-9-18(10-16-22)17-23(31)28-26-29-24(19-11-13-20(27)14-12-19)25(34-26)30(2)21-7-5-4-6-8-21/h4-16H,3,17H2,1-2H3,(H,28,29,31). The van der Waals surface area contributed by atoms with Gasteiger partial charge in [-0.05, 0) is 42.0 Å². The Labute approximate surface area is 214 Å². The maximum absolute atomic E-state index is 12.8. The number of benzene rings is 3. The highest BCUT2D eigenvalue weighted by molar-refractivity contribution is 7.91. The van der Waals surface area contributed by atoms with Crippen LogP contribution < -0.4 is 10.2 Å². The van der Waals surface area contributed by atoms with E-state index in [0.29, 0.717) is 15.7 Å². The zero-order valence-electron chi connectivity index (χ0n) is 19.2. The van der Waals surface area contributed by atoms with E-state index in [4.69, 9.17) is 16.6 Å². The van der Waals surface area contributed by atoms with Gasteiger partial charge in [-0.3, -0.25) is 4.79 Å². The first-order chi connectivity index (χ1) is 16.8. The van der Waals surface area contributed by atoms with Crippen molar-refractivity contribution in [3.8, 4) is 11.3 Å². The number of halogens is 1. The van der Waals surface area contributed by atoms with Crippen LogP contribution in [0.3, 0.4) is 0 Å². The Morgan fingerprint density at radius 3 is 2.29 bits per heavy atom. The van der Waals surface area contributed by atoms with Crippen LogP contribution in [-0.2, 0) is 21.1 Å². The van der Waals surface area contributed by atoms with Crippen molar-refractivity contribution in [3.05, 3.63) is 89.4 Å². The molecule has 180 valence electrons. The minimum atomic E-state index is -3.28. The number of hydrogen-bond donors (Lipinski definition) is 1. The summed E-state index contributed by atoms with van der Waals surface area (Å²) in [5, 5.41) is 4.88. The van der Waals surface area contributed by atoms with Gasteiger partial charge in [0, 0.05) is 23.3 Å². The summed E-state index contributed by atoms with van der Waals surface area (Å²) in [6, 6.07) is 23.7. The molecule has 0 saturated heterocycles. The van der Waals surface area contributed by atoms with Gasteiger partial charge >= 0.3 is 0 Å². The number of thiazole rings is 1. The van der Waals surface area contributed by atoms with Crippen molar-refractivity contribution < 1.29 is 13.2 Å². The molecule has 1 aromatic heterocycles. The largest absolute Gasteiger partial charge is 0.334 e. The molecular weight excluding hydrogens is 502 g/mol. The average molecular weight is 526 g/mol. The summed E-state index contributed by atoms with van der Waals surface area (Å²) in [4.78, 5) is 19.8. The van der Waals surface area contributed by atoms with E-state index in [2.05, 4.69) is 5.32 Å². The molecule has 0 spiro atoms. The summed E-state index contributed by atoms with van der Waals surface area (Å²) in [6.45, 7) is 1.60. The highest BCUT2D eigenvalue weighted by Gasteiger charge is 2.19. The second-order valence-corrected chi connectivity index (χ2v) is 11.5.